The average molecular weight is 402 g/mol. The van der Waals surface area contributed by atoms with E-state index in [0.29, 0.717) is 24.2 Å². The lowest BCUT2D eigenvalue weighted by atomic mass is 9.81. The molecule has 1 saturated heterocycles. The Hall–Kier alpha value is -0.880. The second kappa shape index (κ2) is 5.15. The highest BCUT2D eigenvalue weighted by atomic mass is 79.9. The Morgan fingerprint density at radius 2 is 1.50 bits per heavy atom. The summed E-state index contributed by atoms with van der Waals surface area (Å²) >= 11 is 7.15. The zero-order valence-electron chi connectivity index (χ0n) is 10.6. The number of anilines is 2. The van der Waals surface area contributed by atoms with Crippen molar-refractivity contribution >= 4 is 55.0 Å². The summed E-state index contributed by atoms with van der Waals surface area (Å²) in [7, 11) is 0. The fourth-order valence-electron chi connectivity index (χ4n) is 3.02. The number of carbonyl (C=O) groups is 2. The van der Waals surface area contributed by atoms with E-state index in [1.807, 2.05) is 0 Å². The number of carbonyl (C=O) groups excluding carboxylic acids is 2. The van der Waals surface area contributed by atoms with Crippen molar-refractivity contribution < 1.29 is 9.59 Å². The lowest BCUT2D eigenvalue weighted by molar-refractivity contribution is -0.122. The molecule has 106 valence electrons. The molecule has 1 heterocycles. The van der Waals surface area contributed by atoms with Gasteiger partial charge in [0.05, 0.1) is 23.2 Å². The monoisotopic (exact) mass is 400 g/mol. The summed E-state index contributed by atoms with van der Waals surface area (Å²) in [4.78, 5) is 26.8. The molecule has 1 aliphatic carbocycles. The number of nitrogens with two attached hydrogens (primary N) is 1. The molecule has 4 nitrogen and oxygen atoms in total. The third kappa shape index (κ3) is 2.09. The van der Waals surface area contributed by atoms with Crippen LogP contribution < -0.4 is 10.6 Å². The van der Waals surface area contributed by atoms with E-state index in [-0.39, 0.29) is 33.3 Å². The van der Waals surface area contributed by atoms with E-state index in [9.17, 15) is 9.59 Å². The molecule has 1 saturated carbocycles. The highest BCUT2D eigenvalue weighted by Crippen LogP contribution is 2.45. The van der Waals surface area contributed by atoms with Crippen LogP contribution in [0.25, 0.3) is 0 Å². The molecule has 2 amide bonds. The minimum absolute atomic E-state index is 0.123. The summed E-state index contributed by atoms with van der Waals surface area (Å²) in [5.74, 6) is -0.718. The Morgan fingerprint density at radius 3 is 2.00 bits per heavy atom. The van der Waals surface area contributed by atoms with Gasteiger partial charge >= 0.3 is 0 Å². The van der Waals surface area contributed by atoms with Gasteiger partial charge in [0.25, 0.3) is 0 Å². The SMILES string of the molecule is Nc1ccccc1N1C(=O)[C@H]2C[C@@H](Br)[C@@H](Br)C[C@@H]2C1=O. The van der Waals surface area contributed by atoms with Crippen molar-refractivity contribution in [3.8, 4) is 0 Å². The zero-order chi connectivity index (χ0) is 14.4. The molecule has 0 bridgehead atoms. The maximum atomic E-state index is 12.6. The Morgan fingerprint density at radius 1 is 1.00 bits per heavy atom. The fraction of sp³-hybridized carbons (Fsp3) is 0.429. The van der Waals surface area contributed by atoms with E-state index in [2.05, 4.69) is 31.9 Å². The first-order valence-electron chi connectivity index (χ1n) is 6.51. The molecule has 6 heteroatoms. The van der Waals surface area contributed by atoms with Crippen LogP contribution in [0.1, 0.15) is 12.8 Å². The average Bonchev–Trinajstić information content (AvgIpc) is 2.64. The molecule has 0 aromatic heterocycles. The van der Waals surface area contributed by atoms with Gasteiger partial charge in [0.2, 0.25) is 11.8 Å². The summed E-state index contributed by atoms with van der Waals surface area (Å²) in [5.41, 5.74) is 6.87. The van der Waals surface area contributed by atoms with Crippen molar-refractivity contribution in [2.24, 2.45) is 11.8 Å². The number of imide groups is 1. The summed E-state index contributed by atoms with van der Waals surface area (Å²) in [6.07, 6.45) is 1.35. The number of alkyl halides is 2. The van der Waals surface area contributed by atoms with Crippen LogP contribution in [0.15, 0.2) is 24.3 Å². The Bertz CT molecular complexity index is 550. The molecule has 20 heavy (non-hydrogen) atoms. The summed E-state index contributed by atoms with van der Waals surface area (Å²) in [6.45, 7) is 0. The van der Waals surface area contributed by atoms with Crippen LogP contribution >= 0.6 is 31.9 Å². The third-order valence-electron chi connectivity index (χ3n) is 4.09. The van der Waals surface area contributed by atoms with Gasteiger partial charge in [-0.25, -0.2) is 4.90 Å². The van der Waals surface area contributed by atoms with Crippen LogP contribution in [-0.2, 0) is 9.59 Å². The Labute approximate surface area is 133 Å². The number of nitrogen functional groups attached to an aromatic ring is 1. The number of para-hydroxylation sites is 2. The zero-order valence-corrected chi connectivity index (χ0v) is 13.8. The molecule has 0 spiro atoms. The molecule has 2 N–H and O–H groups in total. The lowest BCUT2D eigenvalue weighted by Gasteiger charge is -2.29. The summed E-state index contributed by atoms with van der Waals surface area (Å²) in [5, 5.41) is 0. The molecule has 2 aliphatic rings. The second-order valence-corrected chi connectivity index (χ2v) is 7.64. The minimum Gasteiger partial charge on any atom is -0.397 e. The van der Waals surface area contributed by atoms with Crippen molar-refractivity contribution in [1.82, 2.24) is 0 Å². The number of rotatable bonds is 1. The van der Waals surface area contributed by atoms with Crippen LogP contribution in [0.2, 0.25) is 0 Å². The molecule has 1 aromatic rings. The first-order valence-corrected chi connectivity index (χ1v) is 8.34. The highest BCUT2D eigenvalue weighted by molar-refractivity contribution is 9.12. The first-order chi connectivity index (χ1) is 9.50. The second-order valence-electron chi connectivity index (χ2n) is 5.29. The normalized spacial score (nSPS) is 33.4. The number of hydrogen-bond donors (Lipinski definition) is 1. The molecule has 0 radical (unpaired) electrons. The third-order valence-corrected chi connectivity index (χ3v) is 6.82. The molecular weight excluding hydrogens is 388 g/mol. The Balaban J connectivity index is 1.97. The van der Waals surface area contributed by atoms with E-state index in [1.54, 1.807) is 24.3 Å². The molecule has 2 fully saturated rings. The number of amides is 2. The van der Waals surface area contributed by atoms with Gasteiger partial charge in [-0.3, -0.25) is 9.59 Å². The van der Waals surface area contributed by atoms with Crippen molar-refractivity contribution in [3.05, 3.63) is 24.3 Å². The number of hydrogen-bond acceptors (Lipinski definition) is 3. The maximum absolute atomic E-state index is 12.6. The van der Waals surface area contributed by atoms with Gasteiger partial charge in [-0.2, -0.15) is 0 Å². The van der Waals surface area contributed by atoms with Crippen LogP contribution in [0.4, 0.5) is 11.4 Å². The minimum atomic E-state index is -0.236. The molecule has 1 aliphatic heterocycles. The van der Waals surface area contributed by atoms with Crippen LogP contribution in [0, 0.1) is 11.8 Å². The molecule has 4 atom stereocenters. The largest absolute Gasteiger partial charge is 0.397 e. The molecule has 0 unspecified atom stereocenters. The smallest absolute Gasteiger partial charge is 0.237 e. The van der Waals surface area contributed by atoms with Gasteiger partial charge in [0, 0.05) is 9.65 Å². The molecular formula is C14H14Br2N2O2. The predicted octanol–water partition coefficient (Wildman–Crippen LogP) is 2.70. The topological polar surface area (TPSA) is 63.4 Å². The summed E-state index contributed by atoms with van der Waals surface area (Å²) < 4.78 is 0. The molecule has 3 rings (SSSR count). The van der Waals surface area contributed by atoms with Crippen molar-refractivity contribution in [3.63, 3.8) is 0 Å². The van der Waals surface area contributed by atoms with E-state index < -0.39 is 0 Å². The van der Waals surface area contributed by atoms with Crippen LogP contribution in [0.3, 0.4) is 0 Å². The lowest BCUT2D eigenvalue weighted by Crippen LogP contribution is -2.34. The van der Waals surface area contributed by atoms with Gasteiger partial charge in [0.15, 0.2) is 0 Å². The summed E-state index contributed by atoms with van der Waals surface area (Å²) in [6, 6.07) is 7.01. The highest BCUT2D eigenvalue weighted by Gasteiger charge is 2.52. The van der Waals surface area contributed by atoms with Gasteiger partial charge in [0.1, 0.15) is 0 Å². The van der Waals surface area contributed by atoms with Gasteiger partial charge < -0.3 is 5.73 Å². The molecule has 1 aromatic carbocycles. The standard InChI is InChI=1S/C14H14Br2N2O2/c15-9-5-7-8(6-10(9)16)14(20)18(13(7)19)12-4-2-1-3-11(12)17/h1-4,7-10H,5-6,17H2/t7-,8-,9-,10+/m0/s1. The predicted molar refractivity (Wildman–Crippen MR) is 85.0 cm³/mol. The van der Waals surface area contributed by atoms with Crippen molar-refractivity contribution in [2.45, 2.75) is 22.5 Å². The first kappa shape index (κ1) is 14.1. The van der Waals surface area contributed by atoms with E-state index in [1.165, 1.54) is 4.90 Å². The van der Waals surface area contributed by atoms with Crippen molar-refractivity contribution in [1.29, 1.82) is 0 Å². The van der Waals surface area contributed by atoms with Crippen LogP contribution in [-0.4, -0.2) is 21.5 Å². The quantitative estimate of drug-likeness (QED) is 0.447. The van der Waals surface area contributed by atoms with Gasteiger partial charge in [-0.1, -0.05) is 44.0 Å². The Kier molecular flexibility index (Phi) is 3.62. The number of nitrogens with zero attached hydrogens (tertiary/aromatic N) is 1. The number of benzene rings is 1. The van der Waals surface area contributed by atoms with E-state index >= 15 is 0 Å². The van der Waals surface area contributed by atoms with Gasteiger partial charge in [-0.05, 0) is 25.0 Å². The van der Waals surface area contributed by atoms with Gasteiger partial charge in [-0.15, -0.1) is 0 Å². The van der Waals surface area contributed by atoms with Crippen molar-refractivity contribution in [2.75, 3.05) is 10.6 Å². The van der Waals surface area contributed by atoms with E-state index in [4.69, 9.17) is 5.73 Å². The number of halogens is 2. The fourth-order valence-corrected chi connectivity index (χ4v) is 4.26. The number of fused-ring (bicyclic) bond motifs is 1. The van der Waals surface area contributed by atoms with Crippen LogP contribution in [0.5, 0.6) is 0 Å². The van der Waals surface area contributed by atoms with E-state index in [0.717, 1.165) is 0 Å². The maximum Gasteiger partial charge on any atom is 0.237 e.